The molecule has 322 valence electrons. The lowest BCUT2D eigenvalue weighted by Crippen LogP contribution is -2.63. The molecule has 5 N–H and O–H groups in total. The van der Waals surface area contributed by atoms with Crippen LogP contribution in [-0.2, 0) is 53.2 Å². The number of amides is 4. The number of ether oxygens (including phenoxy) is 4. The number of urea groups is 1. The minimum absolute atomic E-state index is 0.00929. The van der Waals surface area contributed by atoms with Crippen molar-refractivity contribution in [3.63, 3.8) is 0 Å². The van der Waals surface area contributed by atoms with E-state index < -0.39 is 52.9 Å². The Balaban J connectivity index is 1.09. The van der Waals surface area contributed by atoms with E-state index in [1.807, 2.05) is 60.7 Å². The van der Waals surface area contributed by atoms with Gasteiger partial charge in [-0.15, -0.1) is 11.3 Å². The summed E-state index contributed by atoms with van der Waals surface area (Å²) < 4.78 is 22.1. The molecule has 0 aliphatic carbocycles. The Labute approximate surface area is 354 Å². The number of nitrogens with zero attached hydrogens (tertiary/aromatic N) is 2. The molecule has 19 heteroatoms. The summed E-state index contributed by atoms with van der Waals surface area (Å²) in [6.07, 6.45) is 0.471. The summed E-state index contributed by atoms with van der Waals surface area (Å²) in [5.41, 5.74) is -0.921. The Bertz CT molecular complexity index is 2270. The lowest BCUT2D eigenvalue weighted by molar-refractivity contribution is -0.186. The number of thiazole rings is 1. The van der Waals surface area contributed by atoms with E-state index in [0.717, 1.165) is 22.5 Å². The van der Waals surface area contributed by atoms with Crippen LogP contribution in [0.1, 0.15) is 62.5 Å². The molecule has 18 nitrogen and oxygen atoms in total. The van der Waals surface area contributed by atoms with Crippen LogP contribution in [0.4, 0.5) is 14.7 Å². The highest BCUT2D eigenvalue weighted by Crippen LogP contribution is 2.29. The highest BCUT2D eigenvalue weighted by atomic mass is 32.1. The molecule has 2 saturated heterocycles. The maximum atomic E-state index is 14.1. The number of ketones is 1. The molecule has 2 aliphatic rings. The second-order valence-electron chi connectivity index (χ2n) is 15.2. The number of oxime groups is 1. The number of H-pyrrole nitrogens is 1. The van der Waals surface area contributed by atoms with Crippen LogP contribution in [0.15, 0.2) is 88.3 Å². The topological polar surface area (TPSA) is 238 Å². The molecule has 2 aromatic heterocycles. The van der Waals surface area contributed by atoms with Crippen LogP contribution < -0.4 is 31.4 Å². The zero-order valence-corrected chi connectivity index (χ0v) is 34.6. The van der Waals surface area contributed by atoms with Crippen LogP contribution in [0.25, 0.3) is 0 Å². The molecule has 4 amide bonds. The number of Topliss-reactive ketones (excluding diaryl/α,β-unsaturated/α-hetero) is 1. The number of aromatic nitrogens is 2. The highest BCUT2D eigenvalue weighted by Gasteiger charge is 2.46. The molecule has 2 atom stereocenters. The quantitative estimate of drug-likeness (QED) is 0.0432. The third kappa shape index (κ3) is 12.5. The fraction of sp³-hybridized carbons (Fsp3) is 0.381. The van der Waals surface area contributed by atoms with E-state index in [2.05, 4.69) is 36.4 Å². The molecule has 0 bridgehead atoms. The first-order valence-corrected chi connectivity index (χ1v) is 20.4. The third-order valence-electron chi connectivity index (χ3n) is 9.47. The van der Waals surface area contributed by atoms with Crippen LogP contribution in [-0.4, -0.2) is 82.5 Å². The van der Waals surface area contributed by atoms with Gasteiger partial charge in [-0.05, 0) is 31.9 Å². The van der Waals surface area contributed by atoms with Gasteiger partial charge >= 0.3 is 18.1 Å². The number of aromatic amines is 1. The molecule has 6 rings (SSSR count). The molecule has 2 fully saturated rings. The highest BCUT2D eigenvalue weighted by molar-refractivity contribution is 7.14. The fourth-order valence-corrected chi connectivity index (χ4v) is 6.87. The van der Waals surface area contributed by atoms with Crippen LogP contribution >= 0.6 is 11.3 Å². The van der Waals surface area contributed by atoms with Crippen molar-refractivity contribution >= 4 is 52.0 Å². The second kappa shape index (κ2) is 20.1. The van der Waals surface area contributed by atoms with Gasteiger partial charge in [0.2, 0.25) is 16.9 Å². The molecule has 2 aliphatic heterocycles. The normalized spacial score (nSPS) is 17.2. The number of nitrogens with one attached hydrogen (secondary N) is 5. The minimum atomic E-state index is -1.59. The van der Waals surface area contributed by atoms with Crippen LogP contribution in [0.5, 0.6) is 5.75 Å². The van der Waals surface area contributed by atoms with Crippen LogP contribution in [0.2, 0.25) is 0 Å². The van der Waals surface area contributed by atoms with Crippen LogP contribution in [0, 0.1) is 5.92 Å². The molecular formula is C42H47N7O11S. The minimum Gasteiger partial charge on any atom is -0.483 e. The zero-order chi connectivity index (χ0) is 43.4. The number of pyridine rings is 1. The lowest BCUT2D eigenvalue weighted by Gasteiger charge is -2.36. The number of anilines is 1. The first-order valence-electron chi connectivity index (χ1n) is 19.5. The van der Waals surface area contributed by atoms with Crippen molar-refractivity contribution in [2.75, 3.05) is 25.1 Å². The summed E-state index contributed by atoms with van der Waals surface area (Å²) in [5, 5.41) is 16.3. The van der Waals surface area contributed by atoms with Gasteiger partial charge in [0, 0.05) is 49.1 Å². The van der Waals surface area contributed by atoms with Gasteiger partial charge < -0.3 is 44.7 Å². The average molecular weight is 858 g/mol. The monoisotopic (exact) mass is 857 g/mol. The van der Waals surface area contributed by atoms with Gasteiger partial charge in [-0.3, -0.25) is 19.7 Å². The Morgan fingerprint density at radius 2 is 1.66 bits per heavy atom. The van der Waals surface area contributed by atoms with E-state index in [1.54, 1.807) is 20.8 Å². The largest absolute Gasteiger partial charge is 0.483 e. The molecule has 4 heterocycles. The number of hydrogen-bond acceptors (Lipinski definition) is 14. The molecule has 4 aromatic rings. The number of rotatable bonds is 17. The van der Waals surface area contributed by atoms with Crippen molar-refractivity contribution in [2.45, 2.75) is 77.0 Å². The average Bonchev–Trinajstić information content (AvgIpc) is 3.70. The van der Waals surface area contributed by atoms with Crippen molar-refractivity contribution < 1.29 is 47.8 Å². The smallest absolute Gasteiger partial charge is 0.413 e. The standard InChI is InChI=1S/C42H47N7O11S/c1-41(2,3)59-40(55)48-39-47-31(25-61-39)35(49-60-42(14-16-56-17-15-42)37(53)58-24-27-12-8-5-9-13-27)33(51)19-29-30(46-36(29)52)21-45-38(54)44-20-28-18-32(50)34(22-43-28)57-23-26-10-6-4-7-11-26/h4-13,18,22,25,29-30H,14-17,19-21,23-24H2,1-3H3,(H,43,50)(H,46,52)(H2,44,45,54)(H,47,48,55)/b49-35-/t29-,30+/m0/s1. The Morgan fingerprint density at radius 3 is 2.31 bits per heavy atom. The van der Waals surface area contributed by atoms with Gasteiger partial charge in [0.15, 0.2) is 22.4 Å². The van der Waals surface area contributed by atoms with Crippen molar-refractivity contribution in [1.29, 1.82) is 0 Å². The number of carbonyl (C=O) groups excluding carboxylic acids is 5. The summed E-state index contributed by atoms with van der Waals surface area (Å²) in [4.78, 5) is 91.5. The summed E-state index contributed by atoms with van der Waals surface area (Å²) in [7, 11) is 0. The Morgan fingerprint density at radius 1 is 0.967 bits per heavy atom. The second-order valence-corrected chi connectivity index (χ2v) is 16.1. The Kier molecular flexibility index (Phi) is 14.5. The number of hydrogen-bond donors (Lipinski definition) is 5. The van der Waals surface area contributed by atoms with E-state index in [-0.39, 0.29) is 86.5 Å². The number of benzene rings is 2. The van der Waals surface area contributed by atoms with E-state index in [4.69, 9.17) is 23.8 Å². The Hall–Kier alpha value is -6.60. The first kappa shape index (κ1) is 44.0. The SMILES string of the molecule is CC(C)(C)OC(=O)Nc1nc(/C(=N/OC2(C(=O)OCc3ccccc3)CCOCC2)C(=O)C[C@@H]2C(=O)N[C@@H]2CNC(=O)NCc2cc(=O)c(OCc3ccccc3)c[nH]2)cs1. The van der Waals surface area contributed by atoms with Gasteiger partial charge in [0.1, 0.15) is 24.5 Å². The summed E-state index contributed by atoms with van der Waals surface area (Å²) >= 11 is 0.996. The van der Waals surface area contributed by atoms with E-state index in [0.29, 0.717) is 5.69 Å². The summed E-state index contributed by atoms with van der Waals surface area (Å²) in [6, 6.07) is 18.6. The van der Waals surface area contributed by atoms with Crippen molar-refractivity contribution in [2.24, 2.45) is 11.1 Å². The number of esters is 1. The van der Waals surface area contributed by atoms with Gasteiger partial charge in [-0.25, -0.2) is 19.4 Å². The maximum absolute atomic E-state index is 14.1. The molecule has 0 unspecified atom stereocenters. The fourth-order valence-electron chi connectivity index (χ4n) is 6.19. The van der Waals surface area contributed by atoms with Crippen molar-refractivity contribution in [3.8, 4) is 5.75 Å². The van der Waals surface area contributed by atoms with Gasteiger partial charge in [0.05, 0.1) is 31.7 Å². The maximum Gasteiger partial charge on any atom is 0.413 e. The number of carbonyl (C=O) groups is 5. The molecule has 0 radical (unpaired) electrons. The molecule has 0 spiro atoms. The third-order valence-corrected chi connectivity index (χ3v) is 10.2. The van der Waals surface area contributed by atoms with Gasteiger partial charge in [-0.1, -0.05) is 65.8 Å². The molecular weight excluding hydrogens is 811 g/mol. The first-order chi connectivity index (χ1) is 29.3. The molecule has 61 heavy (non-hydrogen) atoms. The molecule has 0 saturated carbocycles. The van der Waals surface area contributed by atoms with Crippen molar-refractivity contribution in [1.82, 2.24) is 25.9 Å². The predicted octanol–water partition coefficient (Wildman–Crippen LogP) is 4.34. The number of β-lactam (4-membered cyclic amide) rings is 1. The molecule has 2 aromatic carbocycles. The predicted molar refractivity (Wildman–Crippen MR) is 222 cm³/mol. The summed E-state index contributed by atoms with van der Waals surface area (Å²) in [6.45, 7) is 5.61. The zero-order valence-electron chi connectivity index (χ0n) is 33.8. The van der Waals surface area contributed by atoms with E-state index >= 15 is 0 Å². The van der Waals surface area contributed by atoms with Crippen molar-refractivity contribution in [3.05, 3.63) is 111 Å². The van der Waals surface area contributed by atoms with E-state index in [1.165, 1.54) is 17.6 Å². The summed E-state index contributed by atoms with van der Waals surface area (Å²) in [5.74, 6) is -2.51. The van der Waals surface area contributed by atoms with Gasteiger partial charge in [-0.2, -0.15) is 0 Å². The van der Waals surface area contributed by atoms with Gasteiger partial charge in [0.25, 0.3) is 0 Å². The van der Waals surface area contributed by atoms with Crippen LogP contribution in [0.3, 0.4) is 0 Å². The lowest BCUT2D eigenvalue weighted by atomic mass is 9.85. The van der Waals surface area contributed by atoms with E-state index in [9.17, 15) is 28.8 Å².